The van der Waals surface area contributed by atoms with E-state index in [0.29, 0.717) is 0 Å². The van der Waals surface area contributed by atoms with Crippen molar-refractivity contribution in [2.24, 2.45) is 0 Å². The Morgan fingerprint density at radius 2 is 1.04 bits per heavy atom. The van der Waals surface area contributed by atoms with E-state index in [4.69, 9.17) is 0 Å². The van der Waals surface area contributed by atoms with Crippen LogP contribution < -0.4 is 0 Å². The minimum atomic E-state index is 0. The molecule has 0 nitrogen and oxygen atoms in total. The van der Waals surface area contributed by atoms with Gasteiger partial charge in [0.05, 0.1) is 0 Å². The molecule has 0 spiro atoms. The van der Waals surface area contributed by atoms with E-state index in [0.717, 1.165) is 0 Å². The molecule has 0 aliphatic carbocycles. The van der Waals surface area contributed by atoms with Gasteiger partial charge in [0.2, 0.25) is 0 Å². The summed E-state index contributed by atoms with van der Waals surface area (Å²) in [5, 5.41) is 2.83. The molecule has 2 aromatic carbocycles. The van der Waals surface area contributed by atoms with Crippen LogP contribution in [-0.2, 0) is 6.42 Å². The van der Waals surface area contributed by atoms with Crippen LogP contribution in [0.25, 0.3) is 10.8 Å². The summed E-state index contributed by atoms with van der Waals surface area (Å²) in [5.41, 5.74) is 1.53. The van der Waals surface area contributed by atoms with Crippen LogP contribution in [-0.4, -0.2) is 29.6 Å². The predicted octanol–water partition coefficient (Wildman–Crippen LogP) is 7.83. The molecule has 140 valence electrons. The van der Waals surface area contributed by atoms with Gasteiger partial charge >= 0.3 is 29.6 Å². The van der Waals surface area contributed by atoms with E-state index in [9.17, 15) is 0 Å². The number of aryl methyl sites for hydroxylation is 1. The molecular weight excluding hydrogens is 323 g/mol. The van der Waals surface area contributed by atoms with Gasteiger partial charge in [-0.15, -0.1) is 0 Å². The first-order valence-corrected chi connectivity index (χ1v) is 10.9. The third kappa shape index (κ3) is 9.58. The molecule has 0 aliphatic rings. The van der Waals surface area contributed by atoms with Crippen molar-refractivity contribution in [1.82, 2.24) is 0 Å². The molecule has 0 saturated carbocycles. The maximum atomic E-state index is 2.31. The van der Waals surface area contributed by atoms with Crippen molar-refractivity contribution in [1.29, 1.82) is 0 Å². The third-order valence-corrected chi connectivity index (χ3v) is 5.43. The molecular formula is C25H39Na. The normalized spacial score (nSPS) is 10.8. The molecule has 2 aromatic rings. The van der Waals surface area contributed by atoms with Crippen LogP contribution >= 0.6 is 0 Å². The zero-order valence-electron chi connectivity index (χ0n) is 16.4. The second-order valence-corrected chi connectivity index (χ2v) is 7.63. The number of hydrogen-bond donors (Lipinski definition) is 0. The summed E-state index contributed by atoms with van der Waals surface area (Å²) in [6.45, 7) is 2.29. The molecule has 0 N–H and O–H groups in total. The van der Waals surface area contributed by atoms with Crippen molar-refractivity contribution in [2.75, 3.05) is 0 Å². The van der Waals surface area contributed by atoms with Crippen molar-refractivity contribution < 1.29 is 0 Å². The average Bonchev–Trinajstić information content (AvgIpc) is 2.65. The summed E-state index contributed by atoms with van der Waals surface area (Å²) in [4.78, 5) is 0. The topological polar surface area (TPSA) is 0 Å². The van der Waals surface area contributed by atoms with Crippen molar-refractivity contribution in [3.05, 3.63) is 48.0 Å². The number of fused-ring (bicyclic) bond motifs is 1. The van der Waals surface area contributed by atoms with Gasteiger partial charge < -0.3 is 0 Å². The summed E-state index contributed by atoms with van der Waals surface area (Å²) in [6, 6.07) is 15.5. The molecule has 2 rings (SSSR count). The fourth-order valence-corrected chi connectivity index (χ4v) is 3.84. The molecule has 0 unspecified atom stereocenters. The summed E-state index contributed by atoms with van der Waals surface area (Å²) in [6.07, 6.45) is 19.8. The van der Waals surface area contributed by atoms with Crippen molar-refractivity contribution in [2.45, 2.75) is 96.8 Å². The molecule has 0 aliphatic heterocycles. The second kappa shape index (κ2) is 15.7. The van der Waals surface area contributed by atoms with Crippen LogP contribution in [0, 0.1) is 0 Å². The Morgan fingerprint density at radius 1 is 0.538 bits per heavy atom. The van der Waals surface area contributed by atoms with E-state index in [1.807, 2.05) is 0 Å². The number of unbranched alkanes of at least 4 members (excludes halogenated alkanes) is 12. The van der Waals surface area contributed by atoms with Crippen LogP contribution in [0.5, 0.6) is 0 Å². The van der Waals surface area contributed by atoms with E-state index >= 15 is 0 Å². The summed E-state index contributed by atoms with van der Waals surface area (Å²) >= 11 is 0. The molecule has 0 bridgehead atoms. The first-order valence-electron chi connectivity index (χ1n) is 10.9. The van der Waals surface area contributed by atoms with Gasteiger partial charge in [-0.05, 0) is 29.2 Å². The molecule has 0 aromatic heterocycles. The van der Waals surface area contributed by atoms with E-state index in [1.165, 1.54) is 106 Å². The number of benzene rings is 2. The Morgan fingerprint density at radius 3 is 1.65 bits per heavy atom. The van der Waals surface area contributed by atoms with Gasteiger partial charge in [0.15, 0.2) is 0 Å². The average molecular weight is 363 g/mol. The fourth-order valence-electron chi connectivity index (χ4n) is 3.84. The fraction of sp³-hybridized carbons (Fsp3) is 0.600. The van der Waals surface area contributed by atoms with Crippen LogP contribution in [0.4, 0.5) is 0 Å². The number of rotatable bonds is 14. The molecule has 1 heteroatoms. The number of hydrogen-bond acceptors (Lipinski definition) is 0. The molecule has 0 heterocycles. The van der Waals surface area contributed by atoms with Gasteiger partial charge in [-0.1, -0.05) is 126 Å². The standard InChI is InChI=1S/C25H38.Na.H/c1-2-3-4-5-6-7-8-9-10-11-12-13-14-18-23-20-17-21-24-19-15-16-22-25(23)24;;/h15-17,19-22H,2-14,18H2,1H3;;. The molecule has 0 amide bonds. The molecule has 26 heavy (non-hydrogen) atoms. The van der Waals surface area contributed by atoms with Gasteiger partial charge in [0.1, 0.15) is 0 Å². The molecule has 0 fully saturated rings. The third-order valence-electron chi connectivity index (χ3n) is 5.43. The van der Waals surface area contributed by atoms with Gasteiger partial charge in [-0.25, -0.2) is 0 Å². The first-order chi connectivity index (χ1) is 12.4. The van der Waals surface area contributed by atoms with Crippen molar-refractivity contribution in [3.8, 4) is 0 Å². The van der Waals surface area contributed by atoms with Gasteiger partial charge in [0.25, 0.3) is 0 Å². The Balaban J connectivity index is 0.00000338. The Bertz CT molecular complexity index is 570. The Kier molecular flexibility index (Phi) is 14.4. The summed E-state index contributed by atoms with van der Waals surface area (Å²) < 4.78 is 0. The maximum absolute atomic E-state index is 2.31. The van der Waals surface area contributed by atoms with Gasteiger partial charge in [-0.3, -0.25) is 0 Å². The zero-order valence-corrected chi connectivity index (χ0v) is 16.4. The van der Waals surface area contributed by atoms with E-state index in [-0.39, 0.29) is 29.6 Å². The molecule has 0 saturated heterocycles. The Hall–Kier alpha value is -0.300. The monoisotopic (exact) mass is 362 g/mol. The van der Waals surface area contributed by atoms with E-state index in [1.54, 1.807) is 0 Å². The molecule has 0 atom stereocenters. The van der Waals surface area contributed by atoms with Crippen LogP contribution in [0.3, 0.4) is 0 Å². The molecule has 0 radical (unpaired) electrons. The van der Waals surface area contributed by atoms with Crippen molar-refractivity contribution >= 4 is 40.3 Å². The van der Waals surface area contributed by atoms with Crippen LogP contribution in [0.1, 0.15) is 96.0 Å². The summed E-state index contributed by atoms with van der Waals surface area (Å²) in [7, 11) is 0. The van der Waals surface area contributed by atoms with Gasteiger partial charge in [0, 0.05) is 0 Å². The SMILES string of the molecule is CCCCCCCCCCCCCCCc1cccc2ccccc12.[NaH]. The zero-order chi connectivity index (χ0) is 17.6. The van der Waals surface area contributed by atoms with Gasteiger partial charge in [-0.2, -0.15) is 0 Å². The van der Waals surface area contributed by atoms with Crippen LogP contribution in [0.15, 0.2) is 42.5 Å². The first kappa shape index (κ1) is 23.7. The van der Waals surface area contributed by atoms with Crippen LogP contribution in [0.2, 0.25) is 0 Å². The Labute approximate surface area is 184 Å². The predicted molar refractivity (Wildman–Crippen MR) is 120 cm³/mol. The van der Waals surface area contributed by atoms with Crippen molar-refractivity contribution in [3.63, 3.8) is 0 Å². The minimum absolute atomic E-state index is 0. The summed E-state index contributed by atoms with van der Waals surface area (Å²) in [5.74, 6) is 0. The van der Waals surface area contributed by atoms with E-state index in [2.05, 4.69) is 49.4 Å². The second-order valence-electron chi connectivity index (χ2n) is 7.63. The quantitative estimate of drug-likeness (QED) is 0.237. The van der Waals surface area contributed by atoms with E-state index < -0.39 is 0 Å².